The summed E-state index contributed by atoms with van der Waals surface area (Å²) >= 11 is 0. The molecule has 0 radical (unpaired) electrons. The third kappa shape index (κ3) is 4.81. The van der Waals surface area contributed by atoms with Gasteiger partial charge in [0, 0.05) is 58.3 Å². The van der Waals surface area contributed by atoms with E-state index in [0.29, 0.717) is 19.6 Å². The Hall–Kier alpha value is -1.63. The lowest BCUT2D eigenvalue weighted by molar-refractivity contribution is -0.131. The van der Waals surface area contributed by atoms with Gasteiger partial charge in [-0.25, -0.2) is 0 Å². The number of hydrogen-bond donors (Lipinski definition) is 0. The van der Waals surface area contributed by atoms with Gasteiger partial charge < -0.3 is 14.4 Å². The van der Waals surface area contributed by atoms with Crippen molar-refractivity contribution in [2.24, 2.45) is 0 Å². The molecule has 1 aromatic carbocycles. The van der Waals surface area contributed by atoms with Crippen LogP contribution in [0.3, 0.4) is 0 Å². The van der Waals surface area contributed by atoms with E-state index in [4.69, 9.17) is 9.47 Å². The second-order valence-electron chi connectivity index (χ2n) is 7.83. The lowest BCUT2D eigenvalue weighted by Gasteiger charge is -2.49. The monoisotopic (exact) mass is 375 g/mol. The molecule has 3 rings (SSSR count). The van der Waals surface area contributed by atoms with E-state index in [1.54, 1.807) is 14.2 Å². The second-order valence-corrected chi connectivity index (χ2v) is 7.83. The molecule has 0 saturated carbocycles. The summed E-state index contributed by atoms with van der Waals surface area (Å²) in [4.78, 5) is 19.5. The van der Waals surface area contributed by atoms with Gasteiger partial charge in [0.15, 0.2) is 0 Å². The Morgan fingerprint density at radius 3 is 2.56 bits per heavy atom. The minimum atomic E-state index is 0.0855. The lowest BCUT2D eigenvalue weighted by atomic mass is 9.86. The molecule has 1 spiro atoms. The molecule has 2 saturated heterocycles. The molecule has 150 valence electrons. The fraction of sp³-hybridized carbons (Fsp3) is 0.667. The standard InChI is InChI=1S/C21H33N3O3/c1-22-12-13-23(16-18-4-6-19(27-3)7-5-18)17-21(22)9-8-20(25)24(11-10-21)14-15-26-2/h4-7H,8-17H2,1-3H3. The number of carbonyl (C=O) groups is 1. The molecule has 27 heavy (non-hydrogen) atoms. The first kappa shape index (κ1) is 20.1. The van der Waals surface area contributed by atoms with Crippen LogP contribution in [-0.4, -0.2) is 86.7 Å². The van der Waals surface area contributed by atoms with Crippen molar-refractivity contribution in [2.75, 3.05) is 60.6 Å². The Balaban J connectivity index is 1.65. The van der Waals surface area contributed by atoms with Gasteiger partial charge in [-0.05, 0) is 37.6 Å². The van der Waals surface area contributed by atoms with Crippen LogP contribution >= 0.6 is 0 Å². The number of likely N-dealkylation sites (N-methyl/N-ethyl adjacent to an activating group) is 1. The first-order chi connectivity index (χ1) is 13.1. The van der Waals surface area contributed by atoms with Gasteiger partial charge in [0.2, 0.25) is 5.91 Å². The number of ether oxygens (including phenoxy) is 2. The van der Waals surface area contributed by atoms with Gasteiger partial charge in [0.1, 0.15) is 5.75 Å². The van der Waals surface area contributed by atoms with Crippen LogP contribution in [0.4, 0.5) is 0 Å². The molecule has 0 bridgehead atoms. The molecule has 2 aliphatic rings. The van der Waals surface area contributed by atoms with E-state index >= 15 is 0 Å². The fourth-order valence-electron chi connectivity index (χ4n) is 4.34. The maximum Gasteiger partial charge on any atom is 0.222 e. The largest absolute Gasteiger partial charge is 0.497 e. The van der Waals surface area contributed by atoms with E-state index in [1.165, 1.54) is 5.56 Å². The van der Waals surface area contributed by atoms with Crippen molar-refractivity contribution >= 4 is 5.91 Å². The third-order valence-corrected chi connectivity index (χ3v) is 6.21. The Kier molecular flexibility index (Phi) is 6.73. The normalized spacial score (nSPS) is 25.0. The first-order valence-corrected chi connectivity index (χ1v) is 9.89. The van der Waals surface area contributed by atoms with Crippen LogP contribution in [0.2, 0.25) is 0 Å². The quantitative estimate of drug-likeness (QED) is 0.759. The first-order valence-electron chi connectivity index (χ1n) is 9.89. The highest BCUT2D eigenvalue weighted by atomic mass is 16.5. The van der Waals surface area contributed by atoms with Crippen molar-refractivity contribution in [3.8, 4) is 5.75 Å². The minimum absolute atomic E-state index is 0.0855. The zero-order chi connectivity index (χ0) is 19.3. The van der Waals surface area contributed by atoms with Crippen LogP contribution in [-0.2, 0) is 16.1 Å². The zero-order valence-electron chi connectivity index (χ0n) is 16.9. The summed E-state index contributed by atoms with van der Waals surface area (Å²) < 4.78 is 10.4. The Morgan fingerprint density at radius 1 is 1.07 bits per heavy atom. The summed E-state index contributed by atoms with van der Waals surface area (Å²) in [6, 6.07) is 8.35. The summed E-state index contributed by atoms with van der Waals surface area (Å²) in [5.74, 6) is 1.16. The number of likely N-dealkylation sites (tertiary alicyclic amines) is 1. The number of benzene rings is 1. The SMILES string of the molecule is COCCN1CCC2(CCC1=O)CN(Cc1ccc(OC)cc1)CCN2C. The molecular weight excluding hydrogens is 342 g/mol. The van der Waals surface area contributed by atoms with Crippen LogP contribution < -0.4 is 4.74 Å². The molecule has 1 unspecified atom stereocenters. The molecule has 2 heterocycles. The summed E-state index contributed by atoms with van der Waals surface area (Å²) in [6.07, 6.45) is 2.59. The average molecular weight is 376 g/mol. The van der Waals surface area contributed by atoms with Crippen LogP contribution in [0.5, 0.6) is 5.75 Å². The Labute approximate surface area is 163 Å². The predicted octanol–water partition coefficient (Wildman–Crippen LogP) is 1.84. The van der Waals surface area contributed by atoms with Crippen molar-refractivity contribution in [3.63, 3.8) is 0 Å². The van der Waals surface area contributed by atoms with Gasteiger partial charge in [-0.15, -0.1) is 0 Å². The maximum absolute atomic E-state index is 12.5. The number of amides is 1. The molecule has 0 aromatic heterocycles. The number of carbonyl (C=O) groups excluding carboxylic acids is 1. The van der Waals surface area contributed by atoms with Gasteiger partial charge in [0.05, 0.1) is 13.7 Å². The highest BCUT2D eigenvalue weighted by Crippen LogP contribution is 2.32. The number of methoxy groups -OCH3 is 2. The van der Waals surface area contributed by atoms with Gasteiger partial charge in [0.25, 0.3) is 0 Å². The van der Waals surface area contributed by atoms with Gasteiger partial charge in [-0.2, -0.15) is 0 Å². The zero-order valence-corrected chi connectivity index (χ0v) is 16.9. The number of hydrogen-bond acceptors (Lipinski definition) is 5. The predicted molar refractivity (Wildman–Crippen MR) is 106 cm³/mol. The van der Waals surface area contributed by atoms with E-state index in [0.717, 1.165) is 51.3 Å². The molecule has 1 atom stereocenters. The van der Waals surface area contributed by atoms with Crippen LogP contribution in [0.15, 0.2) is 24.3 Å². The van der Waals surface area contributed by atoms with Crippen molar-refractivity contribution < 1.29 is 14.3 Å². The smallest absolute Gasteiger partial charge is 0.222 e. The van der Waals surface area contributed by atoms with Gasteiger partial charge >= 0.3 is 0 Å². The molecule has 1 aromatic rings. The summed E-state index contributed by atoms with van der Waals surface area (Å²) in [5, 5.41) is 0. The highest BCUT2D eigenvalue weighted by Gasteiger charge is 2.42. The van der Waals surface area contributed by atoms with Crippen molar-refractivity contribution in [2.45, 2.75) is 31.3 Å². The van der Waals surface area contributed by atoms with Gasteiger partial charge in [-0.1, -0.05) is 12.1 Å². The topological polar surface area (TPSA) is 45.3 Å². The van der Waals surface area contributed by atoms with Gasteiger partial charge in [-0.3, -0.25) is 14.6 Å². The van der Waals surface area contributed by atoms with E-state index in [2.05, 4.69) is 29.0 Å². The lowest BCUT2D eigenvalue weighted by Crippen LogP contribution is -2.60. The second kappa shape index (κ2) is 9.04. The van der Waals surface area contributed by atoms with E-state index in [9.17, 15) is 4.79 Å². The van der Waals surface area contributed by atoms with Crippen LogP contribution in [0, 0.1) is 0 Å². The van der Waals surface area contributed by atoms with E-state index < -0.39 is 0 Å². The van der Waals surface area contributed by atoms with Crippen molar-refractivity contribution in [1.82, 2.24) is 14.7 Å². The molecule has 1 amide bonds. The third-order valence-electron chi connectivity index (χ3n) is 6.21. The molecule has 2 fully saturated rings. The summed E-state index contributed by atoms with van der Waals surface area (Å²) in [5.41, 5.74) is 1.39. The average Bonchev–Trinajstić information content (AvgIpc) is 2.84. The van der Waals surface area contributed by atoms with Crippen molar-refractivity contribution in [1.29, 1.82) is 0 Å². The summed E-state index contributed by atoms with van der Waals surface area (Å²) in [6.45, 7) is 6.20. The Bertz CT molecular complexity index is 622. The molecular formula is C21H33N3O3. The number of nitrogens with zero attached hydrogens (tertiary/aromatic N) is 3. The highest BCUT2D eigenvalue weighted by molar-refractivity contribution is 5.76. The maximum atomic E-state index is 12.5. The molecule has 6 nitrogen and oxygen atoms in total. The molecule has 6 heteroatoms. The molecule has 2 aliphatic heterocycles. The molecule has 0 N–H and O–H groups in total. The van der Waals surface area contributed by atoms with E-state index in [-0.39, 0.29) is 11.4 Å². The number of piperazine rings is 1. The summed E-state index contributed by atoms with van der Waals surface area (Å²) in [7, 11) is 5.61. The van der Waals surface area contributed by atoms with Crippen LogP contribution in [0.1, 0.15) is 24.8 Å². The van der Waals surface area contributed by atoms with Crippen molar-refractivity contribution in [3.05, 3.63) is 29.8 Å². The Morgan fingerprint density at radius 2 is 1.85 bits per heavy atom. The van der Waals surface area contributed by atoms with Crippen LogP contribution in [0.25, 0.3) is 0 Å². The molecule has 0 aliphatic carbocycles. The number of rotatable bonds is 6. The fourth-order valence-corrected chi connectivity index (χ4v) is 4.34. The van der Waals surface area contributed by atoms with E-state index in [1.807, 2.05) is 17.0 Å². The minimum Gasteiger partial charge on any atom is -0.497 e.